The normalized spacial score (nSPS) is 11.1. The average Bonchev–Trinajstić information content (AvgIpc) is 2.45. The summed E-state index contributed by atoms with van der Waals surface area (Å²) in [6.45, 7) is 0. The zero-order valence-corrected chi connectivity index (χ0v) is 11.5. The maximum Gasteiger partial charge on any atom is 0.129 e. The van der Waals surface area contributed by atoms with Crippen LogP contribution in [0, 0.1) is 23.3 Å². The standard InChI is InChI=1S/C16H15F4N/c1-21-10(8-11-13(17)4-2-5-14(11)18)9-12-15(19)6-3-7-16(12)20/h2-7,10,21H,8-9H2,1H3. The largest absolute Gasteiger partial charge is 0.316 e. The van der Waals surface area contributed by atoms with Crippen LogP contribution in [-0.2, 0) is 12.8 Å². The van der Waals surface area contributed by atoms with Gasteiger partial charge in [0.1, 0.15) is 23.3 Å². The lowest BCUT2D eigenvalue weighted by Gasteiger charge is -2.18. The van der Waals surface area contributed by atoms with E-state index in [9.17, 15) is 17.6 Å². The highest BCUT2D eigenvalue weighted by atomic mass is 19.1. The second-order valence-corrected chi connectivity index (χ2v) is 4.79. The Morgan fingerprint density at radius 1 is 0.762 bits per heavy atom. The van der Waals surface area contributed by atoms with Crippen molar-refractivity contribution in [2.24, 2.45) is 0 Å². The maximum absolute atomic E-state index is 13.6. The van der Waals surface area contributed by atoms with E-state index in [4.69, 9.17) is 0 Å². The van der Waals surface area contributed by atoms with E-state index in [0.29, 0.717) is 0 Å². The maximum atomic E-state index is 13.6. The lowest BCUT2D eigenvalue weighted by Crippen LogP contribution is -2.31. The molecule has 0 aliphatic carbocycles. The summed E-state index contributed by atoms with van der Waals surface area (Å²) in [6.07, 6.45) is 0.00552. The van der Waals surface area contributed by atoms with Crippen molar-refractivity contribution < 1.29 is 17.6 Å². The van der Waals surface area contributed by atoms with Crippen LogP contribution in [0.1, 0.15) is 11.1 Å². The van der Waals surface area contributed by atoms with Gasteiger partial charge in [0.25, 0.3) is 0 Å². The van der Waals surface area contributed by atoms with E-state index in [0.717, 1.165) is 24.3 Å². The van der Waals surface area contributed by atoms with E-state index in [1.54, 1.807) is 7.05 Å². The Bertz CT molecular complexity index is 534. The topological polar surface area (TPSA) is 12.0 Å². The van der Waals surface area contributed by atoms with E-state index in [1.807, 2.05) is 0 Å². The van der Waals surface area contributed by atoms with Crippen LogP contribution < -0.4 is 5.32 Å². The number of nitrogens with one attached hydrogen (secondary N) is 1. The molecule has 0 aromatic heterocycles. The molecule has 0 saturated carbocycles. The summed E-state index contributed by atoms with van der Waals surface area (Å²) < 4.78 is 54.5. The minimum absolute atomic E-state index is 0.00276. The van der Waals surface area contributed by atoms with Gasteiger partial charge in [0.05, 0.1) is 0 Å². The van der Waals surface area contributed by atoms with Crippen molar-refractivity contribution in [2.75, 3.05) is 7.05 Å². The summed E-state index contributed by atoms with van der Waals surface area (Å²) >= 11 is 0. The van der Waals surface area contributed by atoms with Crippen molar-refractivity contribution in [1.29, 1.82) is 0 Å². The van der Waals surface area contributed by atoms with Crippen LogP contribution in [0.5, 0.6) is 0 Å². The first-order valence-corrected chi connectivity index (χ1v) is 6.56. The third kappa shape index (κ3) is 3.61. The number of benzene rings is 2. The molecule has 0 aliphatic heterocycles. The quantitative estimate of drug-likeness (QED) is 0.831. The van der Waals surface area contributed by atoms with Crippen LogP contribution in [-0.4, -0.2) is 13.1 Å². The van der Waals surface area contributed by atoms with Gasteiger partial charge in [-0.1, -0.05) is 12.1 Å². The van der Waals surface area contributed by atoms with Crippen LogP contribution in [0.15, 0.2) is 36.4 Å². The number of halogens is 4. The summed E-state index contributed by atoms with van der Waals surface area (Å²) in [4.78, 5) is 0. The molecule has 0 unspecified atom stereocenters. The number of likely N-dealkylation sites (N-methyl/N-ethyl adjacent to an activating group) is 1. The third-order valence-electron chi connectivity index (χ3n) is 3.43. The molecule has 1 nitrogen and oxygen atoms in total. The van der Waals surface area contributed by atoms with Gasteiger partial charge in [0, 0.05) is 17.2 Å². The molecule has 1 N–H and O–H groups in total. The minimum Gasteiger partial charge on any atom is -0.316 e. The molecule has 0 amide bonds. The first kappa shape index (κ1) is 15.5. The van der Waals surface area contributed by atoms with E-state index in [2.05, 4.69) is 5.32 Å². The van der Waals surface area contributed by atoms with Crippen LogP contribution in [0.4, 0.5) is 17.6 Å². The molecule has 5 heteroatoms. The van der Waals surface area contributed by atoms with Crippen molar-refractivity contribution in [2.45, 2.75) is 18.9 Å². The molecule has 2 rings (SSSR count). The molecule has 0 fully saturated rings. The first-order valence-electron chi connectivity index (χ1n) is 6.56. The van der Waals surface area contributed by atoms with E-state index < -0.39 is 29.3 Å². The SMILES string of the molecule is CNC(Cc1c(F)cccc1F)Cc1c(F)cccc1F. The molecule has 0 atom stereocenters. The van der Waals surface area contributed by atoms with Gasteiger partial charge in [0.15, 0.2) is 0 Å². The lowest BCUT2D eigenvalue weighted by atomic mass is 9.98. The van der Waals surface area contributed by atoms with E-state index in [-0.39, 0.29) is 24.0 Å². The molecule has 0 saturated heterocycles. The smallest absolute Gasteiger partial charge is 0.129 e. The third-order valence-corrected chi connectivity index (χ3v) is 3.43. The number of rotatable bonds is 5. The Balaban J connectivity index is 2.21. The van der Waals surface area contributed by atoms with Gasteiger partial charge in [-0.3, -0.25) is 0 Å². The molecule has 0 bridgehead atoms. The molecule has 0 spiro atoms. The van der Waals surface area contributed by atoms with E-state index in [1.165, 1.54) is 12.1 Å². The summed E-state index contributed by atoms with van der Waals surface area (Å²) in [5.41, 5.74) is -0.179. The van der Waals surface area contributed by atoms with Gasteiger partial charge in [-0.15, -0.1) is 0 Å². The van der Waals surface area contributed by atoms with Gasteiger partial charge < -0.3 is 5.32 Å². The Labute approximate surface area is 120 Å². The van der Waals surface area contributed by atoms with Crippen molar-refractivity contribution in [3.63, 3.8) is 0 Å². The molecular weight excluding hydrogens is 282 g/mol. The number of hydrogen-bond donors (Lipinski definition) is 1. The highest BCUT2D eigenvalue weighted by Crippen LogP contribution is 2.19. The molecule has 2 aromatic rings. The second-order valence-electron chi connectivity index (χ2n) is 4.79. The van der Waals surface area contributed by atoms with Crippen LogP contribution in [0.2, 0.25) is 0 Å². The van der Waals surface area contributed by atoms with Crippen molar-refractivity contribution in [1.82, 2.24) is 5.32 Å². The highest BCUT2D eigenvalue weighted by molar-refractivity contribution is 5.24. The van der Waals surface area contributed by atoms with Gasteiger partial charge in [-0.05, 0) is 44.2 Å². The van der Waals surface area contributed by atoms with Gasteiger partial charge in [0.2, 0.25) is 0 Å². The van der Waals surface area contributed by atoms with E-state index >= 15 is 0 Å². The fourth-order valence-corrected chi connectivity index (χ4v) is 2.22. The van der Waals surface area contributed by atoms with Gasteiger partial charge in [-0.2, -0.15) is 0 Å². The molecule has 0 heterocycles. The fraction of sp³-hybridized carbons (Fsp3) is 0.250. The van der Waals surface area contributed by atoms with Crippen molar-refractivity contribution in [3.05, 3.63) is 70.8 Å². The van der Waals surface area contributed by atoms with Crippen LogP contribution in [0.3, 0.4) is 0 Å². The zero-order valence-electron chi connectivity index (χ0n) is 11.5. The Kier molecular flexibility index (Phi) is 4.96. The summed E-state index contributed by atoms with van der Waals surface area (Å²) in [5.74, 6) is -2.65. The molecular formula is C16H15F4N. The summed E-state index contributed by atoms with van der Waals surface area (Å²) in [5, 5.41) is 2.84. The lowest BCUT2D eigenvalue weighted by molar-refractivity contribution is 0.479. The summed E-state index contributed by atoms with van der Waals surface area (Å²) in [6, 6.07) is 6.72. The summed E-state index contributed by atoms with van der Waals surface area (Å²) in [7, 11) is 1.59. The Hall–Kier alpha value is -1.88. The first-order chi connectivity index (χ1) is 10.0. The van der Waals surface area contributed by atoms with Crippen LogP contribution >= 0.6 is 0 Å². The Morgan fingerprint density at radius 3 is 1.38 bits per heavy atom. The highest BCUT2D eigenvalue weighted by Gasteiger charge is 2.18. The Morgan fingerprint density at radius 2 is 1.10 bits per heavy atom. The zero-order chi connectivity index (χ0) is 15.4. The fourth-order valence-electron chi connectivity index (χ4n) is 2.22. The molecule has 21 heavy (non-hydrogen) atoms. The second kappa shape index (κ2) is 6.72. The molecule has 0 radical (unpaired) electrons. The predicted octanol–water partition coefficient (Wildman–Crippen LogP) is 3.62. The average molecular weight is 297 g/mol. The number of hydrogen-bond acceptors (Lipinski definition) is 1. The molecule has 2 aromatic carbocycles. The minimum atomic E-state index is -0.663. The molecule has 0 aliphatic rings. The monoisotopic (exact) mass is 297 g/mol. The predicted molar refractivity (Wildman–Crippen MR) is 73.0 cm³/mol. The van der Waals surface area contributed by atoms with Crippen molar-refractivity contribution >= 4 is 0 Å². The molecule has 112 valence electrons. The van der Waals surface area contributed by atoms with Crippen LogP contribution in [0.25, 0.3) is 0 Å². The van der Waals surface area contributed by atoms with Crippen molar-refractivity contribution in [3.8, 4) is 0 Å². The van der Waals surface area contributed by atoms with Gasteiger partial charge in [-0.25, -0.2) is 17.6 Å². The van der Waals surface area contributed by atoms with Gasteiger partial charge >= 0.3 is 0 Å².